The molecule has 1 aliphatic heterocycles. The van der Waals surface area contributed by atoms with Gasteiger partial charge in [0, 0.05) is 56.2 Å². The third-order valence-electron chi connectivity index (χ3n) is 16.5. The second kappa shape index (κ2) is 58.4. The highest BCUT2D eigenvalue weighted by molar-refractivity contribution is 5.97. The van der Waals surface area contributed by atoms with Crippen LogP contribution in [-0.4, -0.2) is 336 Å². The standard InChI is InChI=1S/C76H108N6O37/c83-58(11-12-63(88)82-41-56-7-2-1-5-54(56)9-10-55-6-3-4-8-57(55)82)77-26-40-107-27-13-59(84)78-73(42-108-28-14-60(85)79-74(45-111-31-17-64(89)90,46-112-32-18-65(91)92)47-113-33-19-66(93)94,43-109-29-15-61(86)80-75(48-114-34-20-67(95)96,49-115-35-21-68(97)98)50-116-36-22-69(99)100)44-110-30-16-62(87)81-76(51-117-37-23-70(101)102,52-118-38-24-71(103)104)53-119-39-25-72(105)106/h1-8H,11-53H2,(H,77,83)(H,78,84)(H,79,85)(H,80,86)(H,81,87)(H,89,90)(H,91,92)(H,93,94)(H,95,96)(H,97,98)(H,99,100)(H,101,102)(H,103,104)(H,105,106). The number of anilines is 1. The number of carboxylic acid groups (broad SMARTS) is 9. The second-order valence-corrected chi connectivity index (χ2v) is 27.1. The molecule has 0 aromatic heterocycles. The van der Waals surface area contributed by atoms with Crippen molar-refractivity contribution in [3.63, 3.8) is 0 Å². The van der Waals surface area contributed by atoms with E-state index >= 15 is 0 Å². The Labute approximate surface area is 683 Å². The molecule has 0 aliphatic carbocycles. The van der Waals surface area contributed by atoms with E-state index in [2.05, 4.69) is 38.4 Å². The van der Waals surface area contributed by atoms with Gasteiger partial charge in [-0.3, -0.25) is 71.9 Å². The van der Waals surface area contributed by atoms with Crippen LogP contribution in [-0.2, 0) is 140 Å². The number of carbonyl (C=O) groups is 15. The lowest BCUT2D eigenvalue weighted by Crippen LogP contribution is -2.60. The molecule has 43 nitrogen and oxygen atoms in total. The minimum atomic E-state index is -1.95. The minimum Gasteiger partial charge on any atom is -0.481 e. The summed E-state index contributed by atoms with van der Waals surface area (Å²) in [5, 5.41) is 97.3. The molecular formula is C76H108N6O37. The summed E-state index contributed by atoms with van der Waals surface area (Å²) in [4.78, 5) is 188. The van der Waals surface area contributed by atoms with Crippen LogP contribution < -0.4 is 31.5 Å². The van der Waals surface area contributed by atoms with Gasteiger partial charge in [-0.15, -0.1) is 0 Å². The highest BCUT2D eigenvalue weighted by atomic mass is 16.5. The number of nitrogens with zero attached hydrogens (tertiary/aromatic N) is 1. The summed E-state index contributed by atoms with van der Waals surface area (Å²) in [7, 11) is 0. The Morgan fingerprint density at radius 2 is 0.513 bits per heavy atom. The molecule has 0 radical (unpaired) electrons. The van der Waals surface area contributed by atoms with E-state index in [9.17, 15) is 118 Å². The average molecular weight is 1700 g/mol. The molecule has 1 aliphatic rings. The summed E-state index contributed by atoms with van der Waals surface area (Å²) < 4.78 is 74.5. The van der Waals surface area contributed by atoms with Gasteiger partial charge >= 0.3 is 53.7 Å². The van der Waals surface area contributed by atoms with E-state index in [-0.39, 0.29) is 45.1 Å². The second-order valence-electron chi connectivity index (χ2n) is 27.1. The lowest BCUT2D eigenvalue weighted by atomic mass is 10.0. The van der Waals surface area contributed by atoms with Crippen molar-refractivity contribution in [2.45, 2.75) is 125 Å². The van der Waals surface area contributed by atoms with Gasteiger partial charge in [0.1, 0.15) is 22.2 Å². The number of benzene rings is 2. The van der Waals surface area contributed by atoms with Crippen molar-refractivity contribution in [1.29, 1.82) is 0 Å². The van der Waals surface area contributed by atoms with Crippen molar-refractivity contribution in [3.05, 3.63) is 65.2 Å². The SMILES string of the molecule is O=C(O)CCOCC(COCCC(=O)O)(COCCC(=O)O)NC(=O)CCOCC(COCCC(=O)NC(COCCC(=O)O)(COCCC(=O)O)COCCC(=O)O)(COCCC(=O)NC(COCCC(=O)O)(COCCC(=O)O)COCCC(=O)O)NC(=O)CCOCCNC(=O)CCC(=O)N1Cc2ccccc2C#Cc2ccccc21. The number of aliphatic carboxylic acids is 9. The Balaban J connectivity index is 2.07. The van der Waals surface area contributed by atoms with Gasteiger partial charge in [-0.1, -0.05) is 42.2 Å². The predicted molar refractivity (Wildman–Crippen MR) is 405 cm³/mol. The topological polar surface area (TPSA) is 622 Å². The highest BCUT2D eigenvalue weighted by Crippen LogP contribution is 2.27. The van der Waals surface area contributed by atoms with Crippen LogP contribution in [0.2, 0.25) is 0 Å². The maximum absolute atomic E-state index is 14.4. The van der Waals surface area contributed by atoms with Crippen molar-refractivity contribution >= 4 is 94.9 Å². The molecule has 0 saturated carbocycles. The number of hydrogen-bond donors (Lipinski definition) is 14. The van der Waals surface area contributed by atoms with Crippen LogP contribution in [0.3, 0.4) is 0 Å². The zero-order valence-corrected chi connectivity index (χ0v) is 65.9. The number of carboxylic acids is 9. The molecule has 0 unspecified atom stereocenters. The molecule has 3 rings (SSSR count). The molecule has 664 valence electrons. The fourth-order valence-corrected chi connectivity index (χ4v) is 10.7. The van der Waals surface area contributed by atoms with Crippen LogP contribution in [0.4, 0.5) is 5.69 Å². The Morgan fingerprint density at radius 1 is 0.277 bits per heavy atom. The molecule has 2 aromatic carbocycles. The average Bonchev–Trinajstić information content (AvgIpc) is 0.814. The van der Waals surface area contributed by atoms with Crippen LogP contribution in [0.1, 0.15) is 113 Å². The van der Waals surface area contributed by atoms with Crippen LogP contribution >= 0.6 is 0 Å². The van der Waals surface area contributed by atoms with E-state index in [1.54, 1.807) is 29.2 Å². The minimum absolute atomic E-state index is 0.0879. The number of hydrogen-bond acceptors (Lipinski definition) is 28. The van der Waals surface area contributed by atoms with E-state index in [4.69, 9.17) is 61.6 Å². The number of carbonyl (C=O) groups excluding carboxylic acids is 6. The Morgan fingerprint density at radius 3 is 0.790 bits per heavy atom. The Bertz CT molecular complexity index is 3240. The molecule has 14 N–H and O–H groups in total. The maximum Gasteiger partial charge on any atom is 0.305 e. The maximum atomic E-state index is 14.4. The molecular weight excluding hydrogens is 1590 g/mol. The number of fused-ring (bicyclic) bond motifs is 2. The van der Waals surface area contributed by atoms with E-state index in [0.717, 1.165) is 11.1 Å². The fourth-order valence-electron chi connectivity index (χ4n) is 10.7. The number of nitrogens with one attached hydrogen (secondary N) is 5. The molecule has 2 aromatic rings. The van der Waals surface area contributed by atoms with Crippen LogP contribution in [0.5, 0.6) is 0 Å². The lowest BCUT2D eigenvalue weighted by molar-refractivity contribution is -0.142. The van der Waals surface area contributed by atoms with Crippen molar-refractivity contribution in [3.8, 4) is 11.8 Å². The summed E-state index contributed by atoms with van der Waals surface area (Å²) in [5.74, 6) is -9.22. The quantitative estimate of drug-likeness (QED) is 0.0288. The summed E-state index contributed by atoms with van der Waals surface area (Å²) in [6.07, 6.45) is -7.13. The van der Waals surface area contributed by atoms with E-state index < -0.39 is 347 Å². The number of para-hydroxylation sites is 1. The van der Waals surface area contributed by atoms with Crippen LogP contribution in [0.25, 0.3) is 0 Å². The molecule has 0 atom stereocenters. The first-order chi connectivity index (χ1) is 56.8. The molecule has 1 heterocycles. The zero-order valence-electron chi connectivity index (χ0n) is 65.9. The smallest absolute Gasteiger partial charge is 0.305 e. The third kappa shape index (κ3) is 47.6. The van der Waals surface area contributed by atoms with Gasteiger partial charge in [0.2, 0.25) is 35.4 Å². The highest BCUT2D eigenvalue weighted by Gasteiger charge is 2.39. The van der Waals surface area contributed by atoms with Crippen LogP contribution in [0, 0.1) is 11.8 Å². The third-order valence-corrected chi connectivity index (χ3v) is 16.5. The van der Waals surface area contributed by atoms with E-state index in [1.165, 1.54) is 0 Å². The van der Waals surface area contributed by atoms with Gasteiger partial charge in [0.05, 0.1) is 242 Å². The van der Waals surface area contributed by atoms with Gasteiger partial charge in [0.25, 0.3) is 0 Å². The lowest BCUT2D eigenvalue weighted by Gasteiger charge is -2.35. The predicted octanol–water partition coefficient (Wildman–Crippen LogP) is -0.702. The van der Waals surface area contributed by atoms with E-state index in [1.807, 2.05) is 24.3 Å². The largest absolute Gasteiger partial charge is 0.481 e. The Hall–Kier alpha value is -10.5. The van der Waals surface area contributed by atoms with Crippen molar-refractivity contribution in [2.75, 3.05) is 183 Å². The molecule has 119 heavy (non-hydrogen) atoms. The summed E-state index contributed by atoms with van der Waals surface area (Å²) in [5.41, 5.74) is -4.45. The summed E-state index contributed by atoms with van der Waals surface area (Å²) >= 11 is 0. The normalized spacial score (nSPS) is 11.9. The molecule has 0 bridgehead atoms. The van der Waals surface area contributed by atoms with Crippen molar-refractivity contribution in [1.82, 2.24) is 26.6 Å². The van der Waals surface area contributed by atoms with Gasteiger partial charge in [-0.25, -0.2) is 0 Å². The molecule has 0 saturated heterocycles. The van der Waals surface area contributed by atoms with Gasteiger partial charge in [-0.2, -0.15) is 0 Å². The molecule has 0 spiro atoms. The number of rotatable bonds is 73. The first-order valence-corrected chi connectivity index (χ1v) is 37.8. The summed E-state index contributed by atoms with van der Waals surface area (Å²) in [6, 6.07) is 14.5. The van der Waals surface area contributed by atoms with Gasteiger partial charge in [0.15, 0.2) is 0 Å². The van der Waals surface area contributed by atoms with Crippen molar-refractivity contribution in [2.24, 2.45) is 0 Å². The van der Waals surface area contributed by atoms with Crippen molar-refractivity contribution < 1.29 is 179 Å². The number of ether oxygens (including phenoxy) is 13. The van der Waals surface area contributed by atoms with Crippen LogP contribution in [0.15, 0.2) is 48.5 Å². The molecule has 43 heteroatoms. The zero-order chi connectivity index (χ0) is 87.8. The monoisotopic (exact) mass is 1700 g/mol. The summed E-state index contributed by atoms with van der Waals surface area (Å²) in [6.45, 7) is -12.5. The first-order valence-electron chi connectivity index (χ1n) is 37.8. The number of amides is 6. The molecule has 0 fully saturated rings. The van der Waals surface area contributed by atoms with Gasteiger partial charge in [-0.05, 0) is 23.8 Å². The molecule has 6 amide bonds. The fraction of sp³-hybridized carbons (Fsp3) is 0.618. The first kappa shape index (κ1) is 103. The Kier molecular flexibility index (Phi) is 50.4. The van der Waals surface area contributed by atoms with Gasteiger partial charge < -0.3 is 139 Å². The van der Waals surface area contributed by atoms with E-state index in [0.29, 0.717) is 11.3 Å².